The molecule has 3 aromatic carbocycles. The van der Waals surface area contributed by atoms with Gasteiger partial charge in [0.25, 0.3) is 5.91 Å². The van der Waals surface area contributed by atoms with Gasteiger partial charge in [-0.2, -0.15) is 0 Å². The minimum Gasteiger partial charge on any atom is -0.354 e. The van der Waals surface area contributed by atoms with Crippen molar-refractivity contribution >= 4 is 16.8 Å². The van der Waals surface area contributed by atoms with Crippen LogP contribution < -0.4 is 0 Å². The number of benzene rings is 3. The molecule has 1 amide bonds. The molecule has 2 heterocycles. The van der Waals surface area contributed by atoms with Gasteiger partial charge < -0.3 is 9.88 Å². The molecular formula is C26H24N2O. The van der Waals surface area contributed by atoms with E-state index in [4.69, 9.17) is 0 Å². The molecular weight excluding hydrogens is 356 g/mol. The van der Waals surface area contributed by atoms with Crippen LogP contribution in [0.1, 0.15) is 46.4 Å². The summed E-state index contributed by atoms with van der Waals surface area (Å²) in [7, 11) is 0. The normalized spacial score (nSPS) is 15.9. The number of rotatable bonds is 4. The third-order valence-corrected chi connectivity index (χ3v) is 5.88. The maximum atomic E-state index is 13.2. The number of nitrogens with one attached hydrogen (secondary N) is 1. The summed E-state index contributed by atoms with van der Waals surface area (Å²) in [6.07, 6.45) is 0.929. The molecule has 0 unspecified atom stereocenters. The highest BCUT2D eigenvalue weighted by atomic mass is 16.2. The molecule has 144 valence electrons. The fourth-order valence-corrected chi connectivity index (χ4v) is 4.55. The molecule has 4 aromatic rings. The van der Waals surface area contributed by atoms with E-state index in [9.17, 15) is 4.79 Å². The molecule has 1 atom stereocenters. The van der Waals surface area contributed by atoms with E-state index in [2.05, 4.69) is 73.4 Å². The van der Waals surface area contributed by atoms with E-state index >= 15 is 0 Å². The van der Waals surface area contributed by atoms with Crippen LogP contribution in [-0.4, -0.2) is 22.3 Å². The monoisotopic (exact) mass is 380 g/mol. The van der Waals surface area contributed by atoms with Gasteiger partial charge in [-0.3, -0.25) is 4.79 Å². The number of H-pyrrole nitrogens is 1. The summed E-state index contributed by atoms with van der Waals surface area (Å²) in [5.41, 5.74) is 7.70. The first-order valence-electron chi connectivity index (χ1n) is 10.3. The number of aromatic nitrogens is 1. The number of fused-ring (bicyclic) bond motifs is 2. The van der Waals surface area contributed by atoms with Crippen LogP contribution in [0.4, 0.5) is 0 Å². The summed E-state index contributed by atoms with van der Waals surface area (Å²) >= 11 is 0. The highest BCUT2D eigenvalue weighted by molar-refractivity contribution is 6.02. The SMILES string of the molecule is CCCN1C(=O)c2ccccc2[C@@H]1c1c(-c2ccc(C)cc2)[nH]c2ccccc12. The van der Waals surface area contributed by atoms with Gasteiger partial charge in [-0.25, -0.2) is 0 Å². The van der Waals surface area contributed by atoms with Crippen molar-refractivity contribution in [1.29, 1.82) is 0 Å². The molecule has 0 radical (unpaired) electrons. The average molecular weight is 380 g/mol. The lowest BCUT2D eigenvalue weighted by molar-refractivity contribution is 0.0751. The maximum absolute atomic E-state index is 13.2. The summed E-state index contributed by atoms with van der Waals surface area (Å²) < 4.78 is 0. The molecule has 5 rings (SSSR count). The molecule has 1 aliphatic heterocycles. The molecule has 3 nitrogen and oxygen atoms in total. The molecule has 0 bridgehead atoms. The molecule has 1 N–H and O–H groups in total. The second kappa shape index (κ2) is 6.93. The van der Waals surface area contributed by atoms with Gasteiger partial charge in [0.15, 0.2) is 0 Å². The topological polar surface area (TPSA) is 36.1 Å². The predicted octanol–water partition coefficient (Wildman–Crippen LogP) is 6.10. The second-order valence-corrected chi connectivity index (χ2v) is 7.81. The zero-order valence-corrected chi connectivity index (χ0v) is 16.8. The van der Waals surface area contributed by atoms with Gasteiger partial charge in [-0.1, -0.05) is 73.2 Å². The Morgan fingerprint density at radius 2 is 1.66 bits per heavy atom. The van der Waals surface area contributed by atoms with Gasteiger partial charge in [0.1, 0.15) is 0 Å². The third kappa shape index (κ3) is 2.77. The molecule has 0 aliphatic carbocycles. The van der Waals surface area contributed by atoms with E-state index in [0.717, 1.165) is 40.9 Å². The Morgan fingerprint density at radius 1 is 0.931 bits per heavy atom. The van der Waals surface area contributed by atoms with Crippen molar-refractivity contribution in [3.05, 3.63) is 95.1 Å². The molecule has 1 aromatic heterocycles. The Balaban J connectivity index is 1.80. The summed E-state index contributed by atoms with van der Waals surface area (Å²) in [5.74, 6) is 0.132. The van der Waals surface area contributed by atoms with Crippen LogP contribution >= 0.6 is 0 Å². The van der Waals surface area contributed by atoms with Crippen LogP contribution in [0.5, 0.6) is 0 Å². The number of aryl methyl sites for hydroxylation is 1. The van der Waals surface area contributed by atoms with Crippen molar-refractivity contribution in [2.24, 2.45) is 0 Å². The summed E-state index contributed by atoms with van der Waals surface area (Å²) in [5, 5.41) is 1.18. The fraction of sp³-hybridized carbons (Fsp3) is 0.192. The Bertz CT molecular complexity index is 1200. The number of hydrogen-bond donors (Lipinski definition) is 1. The van der Waals surface area contributed by atoms with Crippen molar-refractivity contribution < 1.29 is 4.79 Å². The van der Waals surface area contributed by atoms with Crippen LogP contribution in [-0.2, 0) is 0 Å². The van der Waals surface area contributed by atoms with Gasteiger partial charge in [0.2, 0.25) is 0 Å². The van der Waals surface area contributed by atoms with E-state index in [0.29, 0.717) is 0 Å². The van der Waals surface area contributed by atoms with Crippen molar-refractivity contribution in [1.82, 2.24) is 9.88 Å². The minimum atomic E-state index is -0.0777. The van der Waals surface area contributed by atoms with Crippen LogP contribution in [0.3, 0.4) is 0 Å². The second-order valence-electron chi connectivity index (χ2n) is 7.81. The smallest absolute Gasteiger partial charge is 0.255 e. The summed E-state index contributed by atoms with van der Waals surface area (Å²) in [6.45, 7) is 4.97. The van der Waals surface area contributed by atoms with Gasteiger partial charge in [-0.05, 0) is 36.6 Å². The fourth-order valence-electron chi connectivity index (χ4n) is 4.55. The number of aromatic amines is 1. The minimum absolute atomic E-state index is 0.0777. The number of para-hydroxylation sites is 1. The standard InChI is InChI=1S/C26H24N2O/c1-3-16-28-25(19-8-4-5-9-20(19)26(28)29)23-21-10-6-7-11-22(21)27-24(23)18-14-12-17(2)13-15-18/h4-15,25,27H,3,16H2,1-2H3/t25-/m1/s1. The highest BCUT2D eigenvalue weighted by Crippen LogP contribution is 2.45. The highest BCUT2D eigenvalue weighted by Gasteiger charge is 2.39. The van der Waals surface area contributed by atoms with E-state index < -0.39 is 0 Å². The number of carbonyl (C=O) groups excluding carboxylic acids is 1. The van der Waals surface area contributed by atoms with Crippen LogP contribution in [0.2, 0.25) is 0 Å². The number of carbonyl (C=O) groups is 1. The van der Waals surface area contributed by atoms with Gasteiger partial charge in [-0.15, -0.1) is 0 Å². The first-order valence-corrected chi connectivity index (χ1v) is 10.3. The van der Waals surface area contributed by atoms with Crippen LogP contribution in [0.25, 0.3) is 22.2 Å². The Kier molecular flexibility index (Phi) is 4.24. The summed E-state index contributed by atoms with van der Waals surface area (Å²) in [4.78, 5) is 18.9. The lowest BCUT2D eigenvalue weighted by Gasteiger charge is -2.26. The van der Waals surface area contributed by atoms with Crippen molar-refractivity contribution in [3.8, 4) is 11.3 Å². The van der Waals surface area contributed by atoms with Crippen molar-refractivity contribution in [2.45, 2.75) is 26.3 Å². The van der Waals surface area contributed by atoms with E-state index in [-0.39, 0.29) is 11.9 Å². The Morgan fingerprint density at radius 3 is 2.45 bits per heavy atom. The quantitative estimate of drug-likeness (QED) is 0.456. The summed E-state index contributed by atoms with van der Waals surface area (Å²) in [6, 6.07) is 25.0. The van der Waals surface area contributed by atoms with Crippen molar-refractivity contribution in [3.63, 3.8) is 0 Å². The number of amides is 1. The molecule has 0 spiro atoms. The number of nitrogens with zero attached hydrogens (tertiary/aromatic N) is 1. The van der Waals surface area contributed by atoms with E-state index in [1.165, 1.54) is 16.5 Å². The zero-order chi connectivity index (χ0) is 20.0. The maximum Gasteiger partial charge on any atom is 0.255 e. The number of hydrogen-bond acceptors (Lipinski definition) is 1. The lowest BCUT2D eigenvalue weighted by atomic mass is 9.93. The van der Waals surface area contributed by atoms with E-state index in [1.54, 1.807) is 0 Å². The first kappa shape index (κ1) is 17.7. The Hall–Kier alpha value is -3.33. The van der Waals surface area contributed by atoms with Gasteiger partial charge >= 0.3 is 0 Å². The average Bonchev–Trinajstić information content (AvgIpc) is 3.25. The first-order chi connectivity index (χ1) is 14.2. The van der Waals surface area contributed by atoms with E-state index in [1.807, 2.05) is 23.1 Å². The van der Waals surface area contributed by atoms with Crippen LogP contribution in [0.15, 0.2) is 72.8 Å². The molecule has 3 heteroatoms. The molecule has 1 aliphatic rings. The predicted molar refractivity (Wildman–Crippen MR) is 118 cm³/mol. The van der Waals surface area contributed by atoms with Crippen LogP contribution in [0, 0.1) is 6.92 Å². The molecule has 0 saturated heterocycles. The molecule has 0 fully saturated rings. The molecule has 29 heavy (non-hydrogen) atoms. The largest absolute Gasteiger partial charge is 0.354 e. The van der Waals surface area contributed by atoms with Gasteiger partial charge in [0.05, 0.1) is 11.7 Å². The molecule has 0 saturated carbocycles. The third-order valence-electron chi connectivity index (χ3n) is 5.88. The zero-order valence-electron chi connectivity index (χ0n) is 16.8. The van der Waals surface area contributed by atoms with Crippen molar-refractivity contribution in [2.75, 3.05) is 6.54 Å². The Labute approximate surface area is 171 Å². The van der Waals surface area contributed by atoms with Gasteiger partial charge in [0, 0.05) is 28.6 Å². The lowest BCUT2D eigenvalue weighted by Crippen LogP contribution is -2.29.